The molecule has 0 aliphatic heterocycles. The van der Waals surface area contributed by atoms with Crippen molar-refractivity contribution in [1.82, 2.24) is 0 Å². The molecule has 0 rings (SSSR count). The first-order chi connectivity index (χ1) is 12.2. The Bertz CT molecular complexity index is 335. The van der Waals surface area contributed by atoms with Crippen LogP contribution in [0.5, 0.6) is 0 Å². The Kier molecular flexibility index (Phi) is 16.5. The molecule has 0 aromatic carbocycles. The first kappa shape index (κ1) is 24.4. The summed E-state index contributed by atoms with van der Waals surface area (Å²) in [6, 6.07) is 0. The molecule has 6 nitrogen and oxygen atoms in total. The van der Waals surface area contributed by atoms with Gasteiger partial charge in [-0.15, -0.1) is 0 Å². The number of hydrogen-bond donors (Lipinski definition) is 0. The van der Waals surface area contributed by atoms with Crippen molar-refractivity contribution in [2.45, 2.75) is 97.6 Å². The lowest BCUT2D eigenvalue weighted by Gasteiger charge is -2.33. The highest BCUT2D eigenvalue weighted by Crippen LogP contribution is 2.23. The van der Waals surface area contributed by atoms with Crippen LogP contribution in [0.2, 0.25) is 0 Å². The Morgan fingerprint density at radius 2 is 1.20 bits per heavy atom. The van der Waals surface area contributed by atoms with E-state index in [0.29, 0.717) is 19.8 Å². The summed E-state index contributed by atoms with van der Waals surface area (Å²) in [6.45, 7) is 9.52. The molecular formula is C18H39N3O3Si. The molecule has 148 valence electrons. The highest BCUT2D eigenvalue weighted by molar-refractivity contribution is 6.62. The largest absolute Gasteiger partial charge is 0.510 e. The van der Waals surface area contributed by atoms with Gasteiger partial charge in [-0.1, -0.05) is 69.8 Å². The second-order valence-electron chi connectivity index (χ2n) is 6.24. The van der Waals surface area contributed by atoms with E-state index in [2.05, 4.69) is 16.9 Å². The zero-order valence-corrected chi connectivity index (χ0v) is 17.8. The standard InChI is InChI=1S/C18H39N3O3Si/c1-5-9-10-11-12-13-14-15-16-17-18(20-21-19)25(22-6-2,23-7-3)24-8-4/h18H,5-17H2,1-4H3. The average molecular weight is 374 g/mol. The normalized spacial score (nSPS) is 12.8. The topological polar surface area (TPSA) is 76.5 Å². The summed E-state index contributed by atoms with van der Waals surface area (Å²) < 4.78 is 17.7. The number of unbranched alkanes of at least 4 members (excludes halogenated alkanes) is 8. The molecule has 0 aromatic heterocycles. The Balaban J connectivity index is 4.38. The van der Waals surface area contributed by atoms with Gasteiger partial charge in [-0.25, -0.2) is 0 Å². The van der Waals surface area contributed by atoms with Crippen LogP contribution >= 0.6 is 0 Å². The summed E-state index contributed by atoms with van der Waals surface area (Å²) in [5.74, 6) is 0. The van der Waals surface area contributed by atoms with Crippen molar-refractivity contribution in [3.8, 4) is 0 Å². The molecule has 1 unspecified atom stereocenters. The maximum atomic E-state index is 8.96. The third kappa shape index (κ3) is 10.9. The molecule has 0 radical (unpaired) electrons. The quantitative estimate of drug-likeness (QED) is 0.0947. The summed E-state index contributed by atoms with van der Waals surface area (Å²) in [6.07, 6.45) is 12.2. The summed E-state index contributed by atoms with van der Waals surface area (Å²) in [5, 5.41) is 3.99. The highest BCUT2D eigenvalue weighted by atomic mass is 28.4. The third-order valence-corrected chi connectivity index (χ3v) is 7.51. The minimum absolute atomic E-state index is 0.332. The zero-order chi connectivity index (χ0) is 18.8. The van der Waals surface area contributed by atoms with Crippen LogP contribution in [0.1, 0.15) is 91.9 Å². The molecule has 0 saturated carbocycles. The smallest absolute Gasteiger partial charge is 0.374 e. The molecule has 25 heavy (non-hydrogen) atoms. The van der Waals surface area contributed by atoms with Crippen molar-refractivity contribution in [3.63, 3.8) is 0 Å². The molecule has 0 aromatic rings. The van der Waals surface area contributed by atoms with E-state index in [1.807, 2.05) is 20.8 Å². The number of nitrogens with zero attached hydrogens (tertiary/aromatic N) is 3. The van der Waals surface area contributed by atoms with E-state index in [4.69, 9.17) is 18.8 Å². The number of hydrogen-bond acceptors (Lipinski definition) is 4. The molecule has 1 atom stereocenters. The molecule has 0 bridgehead atoms. The summed E-state index contributed by atoms with van der Waals surface area (Å²) in [4.78, 5) is 3.03. The first-order valence-corrected chi connectivity index (χ1v) is 12.0. The SMILES string of the molecule is CCCCCCCCCCCC(N=[N+]=[N-])[Si](OCC)(OCC)OCC. The fraction of sp³-hybridized carbons (Fsp3) is 1.00. The molecule has 0 spiro atoms. The van der Waals surface area contributed by atoms with E-state index in [1.165, 1.54) is 44.9 Å². The van der Waals surface area contributed by atoms with Crippen molar-refractivity contribution in [2.75, 3.05) is 19.8 Å². The summed E-state index contributed by atoms with van der Waals surface area (Å²) in [5.41, 5.74) is 8.63. The lowest BCUT2D eigenvalue weighted by molar-refractivity contribution is 0.0611. The Morgan fingerprint density at radius 1 is 0.760 bits per heavy atom. The predicted molar refractivity (Wildman–Crippen MR) is 105 cm³/mol. The fourth-order valence-electron chi connectivity index (χ4n) is 3.03. The predicted octanol–water partition coefficient (Wildman–Crippen LogP) is 6.17. The van der Waals surface area contributed by atoms with Gasteiger partial charge in [0.1, 0.15) is 5.67 Å². The van der Waals surface area contributed by atoms with Crippen molar-refractivity contribution in [2.24, 2.45) is 5.11 Å². The van der Waals surface area contributed by atoms with E-state index < -0.39 is 8.80 Å². The number of azide groups is 1. The first-order valence-electron chi connectivity index (χ1n) is 10.2. The van der Waals surface area contributed by atoms with Gasteiger partial charge in [-0.3, -0.25) is 0 Å². The maximum Gasteiger partial charge on any atom is 0.510 e. The molecule has 0 amide bonds. The molecule has 0 aliphatic carbocycles. The van der Waals surface area contributed by atoms with Gasteiger partial charge in [0.2, 0.25) is 0 Å². The van der Waals surface area contributed by atoms with Crippen LogP contribution in [0.4, 0.5) is 0 Å². The van der Waals surface area contributed by atoms with Crippen LogP contribution in [0, 0.1) is 0 Å². The second kappa shape index (κ2) is 16.9. The average Bonchev–Trinajstić information content (AvgIpc) is 2.60. The lowest BCUT2D eigenvalue weighted by Crippen LogP contribution is -2.55. The van der Waals surface area contributed by atoms with E-state index in [-0.39, 0.29) is 5.67 Å². The molecule has 0 aliphatic rings. The van der Waals surface area contributed by atoms with Gasteiger partial charge in [0.05, 0.1) is 0 Å². The van der Waals surface area contributed by atoms with Crippen molar-refractivity contribution in [3.05, 3.63) is 10.4 Å². The summed E-state index contributed by atoms with van der Waals surface area (Å²) >= 11 is 0. The molecule has 0 heterocycles. The minimum atomic E-state index is -2.96. The Labute approximate surface area is 155 Å². The van der Waals surface area contributed by atoms with Crippen LogP contribution in [0.15, 0.2) is 5.11 Å². The molecule has 7 heteroatoms. The highest BCUT2D eigenvalue weighted by Gasteiger charge is 2.48. The van der Waals surface area contributed by atoms with Gasteiger partial charge in [-0.05, 0) is 32.7 Å². The fourth-order valence-corrected chi connectivity index (χ4v) is 5.82. The van der Waals surface area contributed by atoms with Crippen LogP contribution in [0.3, 0.4) is 0 Å². The third-order valence-electron chi connectivity index (χ3n) is 4.22. The number of rotatable bonds is 18. The Morgan fingerprint density at radius 3 is 1.60 bits per heavy atom. The van der Waals surface area contributed by atoms with Gasteiger partial charge in [0.25, 0.3) is 0 Å². The zero-order valence-electron chi connectivity index (χ0n) is 16.8. The van der Waals surface area contributed by atoms with Crippen LogP contribution < -0.4 is 0 Å². The molecule has 0 saturated heterocycles. The van der Waals surface area contributed by atoms with Gasteiger partial charge < -0.3 is 13.3 Å². The minimum Gasteiger partial charge on any atom is -0.374 e. The maximum absolute atomic E-state index is 8.96. The molecule has 0 N–H and O–H groups in total. The van der Waals surface area contributed by atoms with E-state index in [1.54, 1.807) is 0 Å². The molecular weight excluding hydrogens is 334 g/mol. The van der Waals surface area contributed by atoms with Crippen LogP contribution in [0.25, 0.3) is 10.4 Å². The second-order valence-corrected chi connectivity index (χ2v) is 8.98. The van der Waals surface area contributed by atoms with Crippen LogP contribution in [-0.4, -0.2) is 34.3 Å². The van der Waals surface area contributed by atoms with Gasteiger partial charge in [0.15, 0.2) is 0 Å². The monoisotopic (exact) mass is 373 g/mol. The van der Waals surface area contributed by atoms with E-state index >= 15 is 0 Å². The lowest BCUT2D eigenvalue weighted by atomic mass is 10.1. The molecule has 0 fully saturated rings. The van der Waals surface area contributed by atoms with Gasteiger partial charge in [0, 0.05) is 24.7 Å². The Hall–Kier alpha value is -0.593. The van der Waals surface area contributed by atoms with Crippen molar-refractivity contribution >= 4 is 8.80 Å². The van der Waals surface area contributed by atoms with E-state index in [9.17, 15) is 0 Å². The summed E-state index contributed by atoms with van der Waals surface area (Å²) in [7, 11) is -2.96. The van der Waals surface area contributed by atoms with Gasteiger partial charge >= 0.3 is 8.80 Å². The van der Waals surface area contributed by atoms with E-state index in [0.717, 1.165) is 19.3 Å². The van der Waals surface area contributed by atoms with Crippen molar-refractivity contribution < 1.29 is 13.3 Å². The van der Waals surface area contributed by atoms with Crippen LogP contribution in [-0.2, 0) is 13.3 Å². The van der Waals surface area contributed by atoms with Gasteiger partial charge in [-0.2, -0.15) is 0 Å². The van der Waals surface area contributed by atoms with Crippen molar-refractivity contribution in [1.29, 1.82) is 0 Å².